The van der Waals surface area contributed by atoms with Gasteiger partial charge in [0.05, 0.1) is 0 Å². The quantitative estimate of drug-likeness (QED) is 0.839. The fraction of sp³-hybridized carbons (Fsp3) is 0.0909. The Morgan fingerprint density at radius 1 is 1.19 bits per heavy atom. The molecule has 16 heavy (non-hydrogen) atoms. The summed E-state index contributed by atoms with van der Waals surface area (Å²) in [5, 5.41) is 11.5. The Balaban J connectivity index is 2.27. The number of nitrogen functional groups attached to an aromatic ring is 1. The van der Waals surface area contributed by atoms with Gasteiger partial charge in [0.2, 0.25) is 0 Å². The number of benzene rings is 1. The molecule has 0 atom stereocenters. The second-order valence-electron chi connectivity index (χ2n) is 3.38. The minimum absolute atomic E-state index is 0.397. The van der Waals surface area contributed by atoms with E-state index in [1.165, 1.54) is 0 Å². The molecule has 4 nitrogen and oxygen atoms in total. The molecule has 0 spiro atoms. The predicted molar refractivity (Wildman–Crippen MR) is 65.9 cm³/mol. The van der Waals surface area contributed by atoms with Gasteiger partial charge in [-0.25, -0.2) is 0 Å². The van der Waals surface area contributed by atoms with E-state index in [9.17, 15) is 0 Å². The average Bonchev–Trinajstić information content (AvgIpc) is 2.28. The van der Waals surface area contributed by atoms with E-state index in [0.717, 1.165) is 11.3 Å². The number of nitrogens with zero attached hydrogens (tertiary/aromatic N) is 2. The van der Waals surface area contributed by atoms with Crippen LogP contribution in [0.25, 0.3) is 0 Å². The third-order valence-corrected chi connectivity index (χ3v) is 2.63. The van der Waals surface area contributed by atoms with Crippen molar-refractivity contribution in [1.29, 1.82) is 0 Å². The molecule has 0 saturated heterocycles. The monoisotopic (exact) mass is 234 g/mol. The highest BCUT2D eigenvalue weighted by molar-refractivity contribution is 6.31. The van der Waals surface area contributed by atoms with Crippen molar-refractivity contribution < 1.29 is 0 Å². The SMILES string of the molecule is Cc1c(Cl)cccc1Nc1ccc(N)nn1. The van der Waals surface area contributed by atoms with Crippen molar-refractivity contribution in [2.24, 2.45) is 0 Å². The normalized spacial score (nSPS) is 10.1. The van der Waals surface area contributed by atoms with Crippen molar-refractivity contribution in [3.8, 4) is 0 Å². The number of rotatable bonds is 2. The lowest BCUT2D eigenvalue weighted by Gasteiger charge is -2.09. The van der Waals surface area contributed by atoms with Gasteiger partial charge in [-0.1, -0.05) is 17.7 Å². The van der Waals surface area contributed by atoms with Crippen molar-refractivity contribution in [3.63, 3.8) is 0 Å². The first-order valence-corrected chi connectivity index (χ1v) is 5.16. The molecule has 1 heterocycles. The van der Waals surface area contributed by atoms with E-state index in [4.69, 9.17) is 17.3 Å². The number of aromatic nitrogens is 2. The Bertz CT molecular complexity index is 496. The van der Waals surface area contributed by atoms with Gasteiger partial charge in [-0.2, -0.15) is 0 Å². The maximum Gasteiger partial charge on any atom is 0.153 e. The lowest BCUT2D eigenvalue weighted by atomic mass is 10.2. The summed E-state index contributed by atoms with van der Waals surface area (Å²) in [5.74, 6) is 1.04. The largest absolute Gasteiger partial charge is 0.382 e. The number of hydrogen-bond donors (Lipinski definition) is 2. The van der Waals surface area contributed by atoms with Crippen LogP contribution in [0, 0.1) is 6.92 Å². The van der Waals surface area contributed by atoms with Crippen LogP contribution in [-0.2, 0) is 0 Å². The van der Waals surface area contributed by atoms with Gasteiger partial charge in [0.15, 0.2) is 5.82 Å². The highest BCUT2D eigenvalue weighted by Crippen LogP contribution is 2.25. The van der Waals surface area contributed by atoms with Crippen LogP contribution in [0.3, 0.4) is 0 Å². The first kappa shape index (κ1) is 10.7. The fourth-order valence-corrected chi connectivity index (χ4v) is 1.46. The van der Waals surface area contributed by atoms with Gasteiger partial charge < -0.3 is 11.1 Å². The zero-order valence-corrected chi connectivity index (χ0v) is 9.49. The van der Waals surface area contributed by atoms with Crippen LogP contribution in [-0.4, -0.2) is 10.2 Å². The van der Waals surface area contributed by atoms with Gasteiger partial charge in [0.1, 0.15) is 5.82 Å². The Labute approximate surface area is 98.5 Å². The van der Waals surface area contributed by atoms with Gasteiger partial charge in [-0.3, -0.25) is 0 Å². The summed E-state index contributed by atoms with van der Waals surface area (Å²) in [6.45, 7) is 1.94. The van der Waals surface area contributed by atoms with Gasteiger partial charge in [0.25, 0.3) is 0 Å². The summed E-state index contributed by atoms with van der Waals surface area (Å²) in [4.78, 5) is 0. The second kappa shape index (κ2) is 4.37. The molecule has 0 bridgehead atoms. The minimum Gasteiger partial charge on any atom is -0.382 e. The first-order chi connectivity index (χ1) is 7.66. The lowest BCUT2D eigenvalue weighted by molar-refractivity contribution is 1.05. The van der Waals surface area contributed by atoms with Crippen LogP contribution in [0.15, 0.2) is 30.3 Å². The number of nitrogens with two attached hydrogens (primary N) is 1. The molecule has 2 aromatic rings. The molecule has 0 unspecified atom stereocenters. The van der Waals surface area contributed by atoms with Crippen LogP contribution >= 0.6 is 11.6 Å². The highest BCUT2D eigenvalue weighted by Gasteiger charge is 2.03. The van der Waals surface area contributed by atoms with Gasteiger partial charge in [-0.05, 0) is 36.8 Å². The molecule has 0 amide bonds. The zero-order valence-electron chi connectivity index (χ0n) is 8.74. The van der Waals surface area contributed by atoms with Crippen LogP contribution in [0.4, 0.5) is 17.3 Å². The maximum atomic E-state index is 6.01. The van der Waals surface area contributed by atoms with Crippen LogP contribution < -0.4 is 11.1 Å². The van der Waals surface area contributed by atoms with Gasteiger partial charge in [-0.15, -0.1) is 10.2 Å². The Kier molecular flexibility index (Phi) is 2.92. The standard InChI is InChI=1S/C11H11ClN4/c1-7-8(12)3-2-4-9(7)14-11-6-5-10(13)15-16-11/h2-6H,1H3,(H2,13,15)(H,14,16). The smallest absolute Gasteiger partial charge is 0.153 e. The van der Waals surface area contributed by atoms with E-state index in [1.54, 1.807) is 12.1 Å². The maximum absolute atomic E-state index is 6.01. The average molecular weight is 235 g/mol. The Hall–Kier alpha value is -1.81. The number of nitrogens with one attached hydrogen (secondary N) is 1. The van der Waals surface area contributed by atoms with Crippen LogP contribution in [0.5, 0.6) is 0 Å². The molecule has 1 aromatic carbocycles. The molecular formula is C11H11ClN4. The number of anilines is 3. The summed E-state index contributed by atoms with van der Waals surface area (Å²) in [6.07, 6.45) is 0. The van der Waals surface area contributed by atoms with Gasteiger partial charge >= 0.3 is 0 Å². The first-order valence-electron chi connectivity index (χ1n) is 4.78. The predicted octanol–water partition coefficient (Wildman–Crippen LogP) is 2.76. The Morgan fingerprint density at radius 3 is 2.69 bits per heavy atom. The number of hydrogen-bond acceptors (Lipinski definition) is 4. The molecule has 0 radical (unpaired) electrons. The molecule has 1 aromatic heterocycles. The highest BCUT2D eigenvalue weighted by atomic mass is 35.5. The second-order valence-corrected chi connectivity index (χ2v) is 3.79. The van der Waals surface area contributed by atoms with Crippen molar-refractivity contribution in [2.45, 2.75) is 6.92 Å². The molecule has 5 heteroatoms. The molecule has 3 N–H and O–H groups in total. The van der Waals surface area contributed by atoms with Crippen LogP contribution in [0.1, 0.15) is 5.56 Å². The third-order valence-electron chi connectivity index (χ3n) is 2.22. The van der Waals surface area contributed by atoms with E-state index < -0.39 is 0 Å². The van der Waals surface area contributed by atoms with E-state index in [-0.39, 0.29) is 0 Å². The zero-order chi connectivity index (χ0) is 11.5. The molecule has 2 rings (SSSR count). The number of halogens is 1. The molecule has 0 fully saturated rings. The molecule has 0 aliphatic heterocycles. The Morgan fingerprint density at radius 2 is 2.00 bits per heavy atom. The van der Waals surface area contributed by atoms with Gasteiger partial charge in [0, 0.05) is 10.7 Å². The van der Waals surface area contributed by atoms with E-state index >= 15 is 0 Å². The summed E-state index contributed by atoms with van der Waals surface area (Å²) in [5.41, 5.74) is 7.34. The van der Waals surface area contributed by atoms with E-state index in [2.05, 4.69) is 15.5 Å². The topological polar surface area (TPSA) is 63.8 Å². The van der Waals surface area contributed by atoms with E-state index in [1.807, 2.05) is 25.1 Å². The molecule has 82 valence electrons. The fourth-order valence-electron chi connectivity index (χ4n) is 1.29. The summed E-state index contributed by atoms with van der Waals surface area (Å²) >= 11 is 6.01. The third kappa shape index (κ3) is 2.23. The molecule has 0 aliphatic carbocycles. The van der Waals surface area contributed by atoms with E-state index in [0.29, 0.717) is 16.7 Å². The minimum atomic E-state index is 0.397. The molecule has 0 saturated carbocycles. The van der Waals surface area contributed by atoms with Crippen molar-refractivity contribution in [1.82, 2.24) is 10.2 Å². The van der Waals surface area contributed by atoms with Crippen LogP contribution in [0.2, 0.25) is 5.02 Å². The summed E-state index contributed by atoms with van der Waals surface area (Å²) < 4.78 is 0. The van der Waals surface area contributed by atoms with Crippen molar-refractivity contribution >= 4 is 28.9 Å². The summed E-state index contributed by atoms with van der Waals surface area (Å²) in [6, 6.07) is 9.11. The summed E-state index contributed by atoms with van der Waals surface area (Å²) in [7, 11) is 0. The molecule has 0 aliphatic rings. The lowest BCUT2D eigenvalue weighted by Crippen LogP contribution is -1.99. The molecular weight excluding hydrogens is 224 g/mol. The van der Waals surface area contributed by atoms with Crippen molar-refractivity contribution in [2.75, 3.05) is 11.1 Å². The van der Waals surface area contributed by atoms with Crippen molar-refractivity contribution in [3.05, 3.63) is 40.9 Å².